The Morgan fingerprint density at radius 2 is 0.857 bits per heavy atom. The van der Waals surface area contributed by atoms with Crippen molar-refractivity contribution in [3.63, 3.8) is 0 Å². The Hall–Kier alpha value is -3.68. The van der Waals surface area contributed by atoms with Gasteiger partial charge in [0, 0.05) is 0 Å². The molecule has 0 aliphatic carbocycles. The van der Waals surface area contributed by atoms with E-state index in [2.05, 4.69) is 0 Å². The summed E-state index contributed by atoms with van der Waals surface area (Å²) < 4.78 is 0. The Balaban J connectivity index is 0.000000280. The molecule has 0 aliphatic rings. The molecule has 0 saturated heterocycles. The molecule has 0 amide bonds. The lowest BCUT2D eigenvalue weighted by Gasteiger charge is -2.09. The summed E-state index contributed by atoms with van der Waals surface area (Å²) in [5.74, 6) is -6.37. The summed E-state index contributed by atoms with van der Waals surface area (Å²) in [7, 11) is 0. The lowest BCUT2D eigenvalue weighted by molar-refractivity contribution is -0.145. The zero-order valence-electron chi connectivity index (χ0n) is 14.8. The number of carbonyl (C=O) groups is 4. The minimum Gasteiger partial charge on any atom is -0.481 e. The lowest BCUT2D eigenvalue weighted by atomic mass is 9.96. The summed E-state index contributed by atoms with van der Waals surface area (Å²) >= 11 is 0. The molecule has 28 heavy (non-hydrogen) atoms. The van der Waals surface area contributed by atoms with E-state index in [0.29, 0.717) is 11.1 Å². The van der Waals surface area contributed by atoms with Crippen molar-refractivity contribution in [3.8, 4) is 0 Å². The predicted molar refractivity (Wildman–Crippen MR) is 98.1 cm³/mol. The third-order valence-corrected chi connectivity index (χ3v) is 3.76. The van der Waals surface area contributed by atoms with Crippen molar-refractivity contribution in [1.82, 2.24) is 0 Å². The molecule has 2 rings (SSSR count). The van der Waals surface area contributed by atoms with Crippen LogP contribution in [-0.2, 0) is 19.2 Å². The SMILES string of the molecule is O=C(O)C[C@@H](C(=O)O)c1ccccc1.O=C(O)C[C@@H](C(=O)O)c1ccccc1. The maximum absolute atomic E-state index is 10.8. The van der Waals surface area contributed by atoms with Crippen LogP contribution in [0.1, 0.15) is 35.8 Å². The topological polar surface area (TPSA) is 149 Å². The van der Waals surface area contributed by atoms with Crippen LogP contribution >= 0.6 is 0 Å². The third kappa shape index (κ3) is 7.69. The van der Waals surface area contributed by atoms with Crippen LogP contribution in [0.2, 0.25) is 0 Å². The first-order valence-electron chi connectivity index (χ1n) is 8.21. The van der Waals surface area contributed by atoms with Gasteiger partial charge in [-0.05, 0) is 11.1 Å². The van der Waals surface area contributed by atoms with Crippen molar-refractivity contribution in [2.24, 2.45) is 0 Å². The minimum absolute atomic E-state index is 0.390. The van der Waals surface area contributed by atoms with E-state index in [1.165, 1.54) is 0 Å². The number of rotatable bonds is 8. The highest BCUT2D eigenvalue weighted by Gasteiger charge is 2.23. The van der Waals surface area contributed by atoms with Gasteiger partial charge < -0.3 is 20.4 Å². The molecule has 0 aromatic heterocycles. The van der Waals surface area contributed by atoms with Gasteiger partial charge in [-0.1, -0.05) is 60.7 Å². The predicted octanol–water partition coefficient (Wildman–Crippen LogP) is 2.66. The fourth-order valence-electron chi connectivity index (χ4n) is 2.42. The van der Waals surface area contributed by atoms with Gasteiger partial charge in [-0.15, -0.1) is 0 Å². The van der Waals surface area contributed by atoms with E-state index in [0.717, 1.165) is 0 Å². The van der Waals surface area contributed by atoms with Gasteiger partial charge >= 0.3 is 23.9 Å². The normalized spacial score (nSPS) is 12.0. The average Bonchev–Trinajstić information content (AvgIpc) is 2.65. The number of benzene rings is 2. The van der Waals surface area contributed by atoms with Gasteiger partial charge in [-0.2, -0.15) is 0 Å². The van der Waals surface area contributed by atoms with E-state index < -0.39 is 35.7 Å². The lowest BCUT2D eigenvalue weighted by Crippen LogP contribution is -2.15. The molecule has 0 aliphatic heterocycles. The molecular weight excluding hydrogens is 368 g/mol. The van der Waals surface area contributed by atoms with Crippen molar-refractivity contribution in [3.05, 3.63) is 71.8 Å². The second kappa shape index (κ2) is 11.1. The number of carboxylic acid groups (broad SMARTS) is 4. The van der Waals surface area contributed by atoms with Gasteiger partial charge in [-0.3, -0.25) is 19.2 Å². The fraction of sp³-hybridized carbons (Fsp3) is 0.200. The van der Waals surface area contributed by atoms with E-state index in [4.69, 9.17) is 20.4 Å². The molecule has 0 bridgehead atoms. The Labute approximate surface area is 160 Å². The Morgan fingerprint density at radius 3 is 1.07 bits per heavy atom. The molecule has 0 heterocycles. The standard InChI is InChI=1S/2C10H10O4/c2*11-9(12)6-8(10(13)14)7-4-2-1-3-5-7/h2*1-5,8H,6H2,(H,11,12)(H,13,14)/t2*8-/m11/s1. The van der Waals surface area contributed by atoms with Crippen molar-refractivity contribution in [1.29, 1.82) is 0 Å². The van der Waals surface area contributed by atoms with Crippen LogP contribution in [-0.4, -0.2) is 44.3 Å². The second-order valence-corrected chi connectivity index (χ2v) is 5.80. The van der Waals surface area contributed by atoms with Crippen molar-refractivity contribution >= 4 is 23.9 Å². The molecule has 2 aromatic carbocycles. The Bertz CT molecular complexity index is 732. The zero-order valence-corrected chi connectivity index (χ0v) is 14.8. The molecule has 2 aromatic rings. The van der Waals surface area contributed by atoms with E-state index >= 15 is 0 Å². The zero-order chi connectivity index (χ0) is 21.1. The summed E-state index contributed by atoms with van der Waals surface area (Å²) in [6.45, 7) is 0. The molecule has 0 radical (unpaired) electrons. The van der Waals surface area contributed by atoms with Crippen molar-refractivity contribution in [2.45, 2.75) is 24.7 Å². The van der Waals surface area contributed by atoms with Gasteiger partial charge in [0.05, 0.1) is 24.7 Å². The largest absolute Gasteiger partial charge is 0.481 e. The van der Waals surface area contributed by atoms with Gasteiger partial charge in [-0.25, -0.2) is 0 Å². The molecule has 8 nitrogen and oxygen atoms in total. The highest BCUT2D eigenvalue weighted by atomic mass is 16.4. The minimum atomic E-state index is -1.11. The first-order chi connectivity index (χ1) is 13.2. The van der Waals surface area contributed by atoms with Gasteiger partial charge in [0.25, 0.3) is 0 Å². The summed E-state index contributed by atoms with van der Waals surface area (Å²) in [6, 6.07) is 16.7. The Morgan fingerprint density at radius 1 is 0.571 bits per heavy atom. The van der Waals surface area contributed by atoms with E-state index in [1.54, 1.807) is 60.7 Å². The first-order valence-corrected chi connectivity index (χ1v) is 8.21. The summed E-state index contributed by atoms with van der Waals surface area (Å²) in [5.41, 5.74) is 1.03. The van der Waals surface area contributed by atoms with Crippen LogP contribution < -0.4 is 0 Å². The second-order valence-electron chi connectivity index (χ2n) is 5.80. The van der Waals surface area contributed by atoms with E-state index in [-0.39, 0.29) is 12.8 Å². The maximum atomic E-state index is 10.8. The van der Waals surface area contributed by atoms with Crippen LogP contribution in [0.4, 0.5) is 0 Å². The van der Waals surface area contributed by atoms with E-state index in [1.807, 2.05) is 0 Å². The molecule has 0 fully saturated rings. The van der Waals surface area contributed by atoms with Crippen molar-refractivity contribution in [2.75, 3.05) is 0 Å². The number of aliphatic carboxylic acids is 4. The number of carboxylic acids is 4. The quantitative estimate of drug-likeness (QED) is 0.539. The van der Waals surface area contributed by atoms with Crippen molar-refractivity contribution < 1.29 is 39.6 Å². The summed E-state index contributed by atoms with van der Waals surface area (Å²) in [6.07, 6.45) is -0.779. The van der Waals surface area contributed by atoms with Crippen LogP contribution in [0.15, 0.2) is 60.7 Å². The molecule has 0 unspecified atom stereocenters. The highest BCUT2D eigenvalue weighted by Crippen LogP contribution is 2.20. The third-order valence-electron chi connectivity index (χ3n) is 3.76. The van der Waals surface area contributed by atoms with Crippen LogP contribution in [0.5, 0.6) is 0 Å². The monoisotopic (exact) mass is 388 g/mol. The summed E-state index contributed by atoms with van der Waals surface area (Å²) in [5, 5.41) is 34.7. The molecule has 8 heteroatoms. The first kappa shape index (κ1) is 22.4. The molecule has 0 saturated carbocycles. The van der Waals surface area contributed by atoms with E-state index in [9.17, 15) is 19.2 Å². The molecule has 148 valence electrons. The van der Waals surface area contributed by atoms with Gasteiger partial charge in [0.1, 0.15) is 0 Å². The van der Waals surface area contributed by atoms with Gasteiger partial charge in [0.15, 0.2) is 0 Å². The van der Waals surface area contributed by atoms with Crippen LogP contribution in [0.25, 0.3) is 0 Å². The molecule has 2 atom stereocenters. The average molecular weight is 388 g/mol. The summed E-state index contributed by atoms with van der Waals surface area (Å²) in [4.78, 5) is 42.4. The van der Waals surface area contributed by atoms with Crippen LogP contribution in [0.3, 0.4) is 0 Å². The van der Waals surface area contributed by atoms with Gasteiger partial charge in [0.2, 0.25) is 0 Å². The molecule has 0 spiro atoms. The number of hydrogen-bond donors (Lipinski definition) is 4. The number of hydrogen-bond acceptors (Lipinski definition) is 4. The molecule has 4 N–H and O–H groups in total. The highest BCUT2D eigenvalue weighted by molar-refractivity contribution is 5.83. The fourth-order valence-corrected chi connectivity index (χ4v) is 2.42. The van der Waals surface area contributed by atoms with Crippen LogP contribution in [0, 0.1) is 0 Å². The molecular formula is C20H20O8. The maximum Gasteiger partial charge on any atom is 0.311 e. The Kier molecular flexibility index (Phi) is 8.88. The smallest absolute Gasteiger partial charge is 0.311 e.